The molecule has 4 nitrogen and oxygen atoms in total. The smallest absolute Gasteiger partial charge is 0.258 e. The molecule has 1 atom stereocenters. The highest BCUT2D eigenvalue weighted by Gasteiger charge is 2.16. The van der Waals surface area contributed by atoms with Crippen molar-refractivity contribution in [1.82, 2.24) is 10.3 Å². The summed E-state index contributed by atoms with van der Waals surface area (Å²) in [4.78, 5) is 16.5. The van der Waals surface area contributed by atoms with E-state index in [1.54, 1.807) is 6.20 Å². The summed E-state index contributed by atoms with van der Waals surface area (Å²) in [5, 5.41) is 2.97. The van der Waals surface area contributed by atoms with Crippen LogP contribution in [0.15, 0.2) is 42.6 Å². The van der Waals surface area contributed by atoms with Crippen LogP contribution in [0.1, 0.15) is 42.6 Å². The van der Waals surface area contributed by atoms with Crippen molar-refractivity contribution in [2.75, 3.05) is 6.61 Å². The maximum Gasteiger partial charge on any atom is 0.258 e. The third kappa shape index (κ3) is 3.89. The number of benzene rings is 1. The Hall–Kier alpha value is -2.36. The van der Waals surface area contributed by atoms with Crippen LogP contribution >= 0.6 is 0 Å². The first-order valence-corrected chi connectivity index (χ1v) is 8.18. The number of nitrogens with zero attached hydrogens (tertiary/aromatic N) is 1. The van der Waals surface area contributed by atoms with E-state index in [4.69, 9.17) is 4.74 Å². The number of ether oxygens (including phenoxy) is 1. The highest BCUT2D eigenvalue weighted by molar-refractivity contribution is 5.78. The Morgan fingerprint density at radius 2 is 2.00 bits per heavy atom. The van der Waals surface area contributed by atoms with Crippen LogP contribution in [0.4, 0.5) is 0 Å². The summed E-state index contributed by atoms with van der Waals surface area (Å²) in [6.07, 6.45) is 6.10. The molecule has 4 heteroatoms. The molecular formula is C19H22N2O2. The predicted octanol–water partition coefficient (Wildman–Crippen LogP) is 3.22. The molecule has 0 saturated heterocycles. The topological polar surface area (TPSA) is 51.2 Å². The van der Waals surface area contributed by atoms with Crippen LogP contribution in [0.5, 0.6) is 5.75 Å². The molecule has 2 aromatic rings. The van der Waals surface area contributed by atoms with Gasteiger partial charge in [-0.05, 0) is 44.2 Å². The molecule has 1 amide bonds. The largest absolute Gasteiger partial charge is 0.483 e. The Morgan fingerprint density at radius 3 is 2.83 bits per heavy atom. The Balaban J connectivity index is 1.57. The first-order chi connectivity index (χ1) is 11.2. The molecule has 0 spiro atoms. The molecule has 0 aliphatic heterocycles. The summed E-state index contributed by atoms with van der Waals surface area (Å²) in [6, 6.07) is 11.7. The van der Waals surface area contributed by atoms with Gasteiger partial charge in [0.15, 0.2) is 6.61 Å². The third-order valence-electron chi connectivity index (χ3n) is 4.23. The van der Waals surface area contributed by atoms with Gasteiger partial charge in [-0.3, -0.25) is 9.78 Å². The minimum atomic E-state index is -0.109. The van der Waals surface area contributed by atoms with E-state index in [0.29, 0.717) is 0 Å². The van der Waals surface area contributed by atoms with Crippen LogP contribution < -0.4 is 10.1 Å². The second-order valence-electron chi connectivity index (χ2n) is 5.93. The number of hydrogen-bond acceptors (Lipinski definition) is 3. The summed E-state index contributed by atoms with van der Waals surface area (Å²) >= 11 is 0. The molecule has 1 heterocycles. The molecule has 1 aromatic heterocycles. The van der Waals surface area contributed by atoms with Gasteiger partial charge in [-0.2, -0.15) is 0 Å². The molecular weight excluding hydrogens is 288 g/mol. The van der Waals surface area contributed by atoms with Crippen molar-refractivity contribution in [1.29, 1.82) is 0 Å². The zero-order valence-electron chi connectivity index (χ0n) is 13.4. The average Bonchev–Trinajstić information content (AvgIpc) is 2.60. The number of carbonyl (C=O) groups excluding carboxylic acids is 1. The van der Waals surface area contributed by atoms with E-state index >= 15 is 0 Å². The summed E-state index contributed by atoms with van der Waals surface area (Å²) in [7, 11) is 0. The van der Waals surface area contributed by atoms with Crippen LogP contribution in [-0.2, 0) is 17.6 Å². The lowest BCUT2D eigenvalue weighted by Gasteiger charge is -2.19. The van der Waals surface area contributed by atoms with Crippen molar-refractivity contribution >= 4 is 5.91 Å². The van der Waals surface area contributed by atoms with Crippen LogP contribution in [0.2, 0.25) is 0 Å². The Bertz CT molecular complexity index is 670. The lowest BCUT2D eigenvalue weighted by molar-refractivity contribution is -0.123. The van der Waals surface area contributed by atoms with Gasteiger partial charge in [0.05, 0.1) is 6.04 Å². The number of amides is 1. The molecule has 1 aromatic carbocycles. The van der Waals surface area contributed by atoms with E-state index in [-0.39, 0.29) is 18.6 Å². The molecule has 23 heavy (non-hydrogen) atoms. The number of pyridine rings is 1. The van der Waals surface area contributed by atoms with E-state index in [1.807, 2.05) is 43.3 Å². The van der Waals surface area contributed by atoms with Gasteiger partial charge in [0.1, 0.15) is 5.75 Å². The Morgan fingerprint density at radius 1 is 1.22 bits per heavy atom. The molecule has 3 rings (SSSR count). The SMILES string of the molecule is CC(NC(=O)COc1ccnc2c1CCCC2)c1ccccc1. The molecule has 1 N–H and O–H groups in total. The average molecular weight is 310 g/mol. The van der Waals surface area contributed by atoms with Gasteiger partial charge in [0, 0.05) is 17.5 Å². The lowest BCUT2D eigenvalue weighted by atomic mass is 9.95. The van der Waals surface area contributed by atoms with Gasteiger partial charge in [0.25, 0.3) is 5.91 Å². The van der Waals surface area contributed by atoms with Crippen molar-refractivity contribution in [3.63, 3.8) is 0 Å². The molecule has 0 saturated carbocycles. The summed E-state index contributed by atoms with van der Waals surface area (Å²) < 4.78 is 5.75. The standard InChI is InChI=1S/C19H22N2O2/c1-14(15-7-3-2-4-8-15)21-19(22)13-23-18-11-12-20-17-10-6-5-9-16(17)18/h2-4,7-8,11-12,14H,5-6,9-10,13H2,1H3,(H,21,22). The van der Waals surface area contributed by atoms with Crippen molar-refractivity contribution in [3.8, 4) is 5.75 Å². The summed E-state index contributed by atoms with van der Waals surface area (Å²) in [5.74, 6) is 0.694. The first kappa shape index (κ1) is 15.5. The van der Waals surface area contributed by atoms with Gasteiger partial charge in [-0.25, -0.2) is 0 Å². The molecule has 0 radical (unpaired) electrons. The normalized spacial score (nSPS) is 14.7. The molecule has 0 bridgehead atoms. The predicted molar refractivity (Wildman–Crippen MR) is 89.4 cm³/mol. The number of nitrogens with one attached hydrogen (secondary N) is 1. The monoisotopic (exact) mass is 310 g/mol. The maximum absolute atomic E-state index is 12.1. The molecule has 0 fully saturated rings. The quantitative estimate of drug-likeness (QED) is 0.922. The molecule has 1 aliphatic rings. The van der Waals surface area contributed by atoms with Crippen LogP contribution in [-0.4, -0.2) is 17.5 Å². The summed E-state index contributed by atoms with van der Waals surface area (Å²) in [6.45, 7) is 2.01. The van der Waals surface area contributed by atoms with Crippen molar-refractivity contribution in [3.05, 3.63) is 59.4 Å². The van der Waals surface area contributed by atoms with Crippen LogP contribution in [0.25, 0.3) is 0 Å². The number of hydrogen-bond donors (Lipinski definition) is 1. The fraction of sp³-hybridized carbons (Fsp3) is 0.368. The number of aryl methyl sites for hydroxylation is 1. The number of aromatic nitrogens is 1. The van der Waals surface area contributed by atoms with Crippen molar-refractivity contribution in [2.24, 2.45) is 0 Å². The molecule has 1 unspecified atom stereocenters. The Labute approximate surface area is 136 Å². The molecule has 120 valence electrons. The van der Waals surface area contributed by atoms with E-state index in [1.165, 1.54) is 12.0 Å². The zero-order chi connectivity index (χ0) is 16.1. The minimum Gasteiger partial charge on any atom is -0.483 e. The third-order valence-corrected chi connectivity index (χ3v) is 4.23. The van der Waals surface area contributed by atoms with Gasteiger partial charge in [0.2, 0.25) is 0 Å². The lowest BCUT2D eigenvalue weighted by Crippen LogP contribution is -2.31. The zero-order valence-corrected chi connectivity index (χ0v) is 13.4. The number of fused-ring (bicyclic) bond motifs is 1. The van der Waals surface area contributed by atoms with Crippen molar-refractivity contribution < 1.29 is 9.53 Å². The van der Waals surface area contributed by atoms with E-state index in [0.717, 1.165) is 36.3 Å². The Kier molecular flexibility index (Phi) is 4.91. The second kappa shape index (κ2) is 7.27. The number of rotatable bonds is 5. The number of carbonyl (C=O) groups is 1. The fourth-order valence-corrected chi connectivity index (χ4v) is 2.98. The van der Waals surface area contributed by atoms with Crippen LogP contribution in [0, 0.1) is 0 Å². The summed E-state index contributed by atoms with van der Waals surface area (Å²) in [5.41, 5.74) is 3.37. The first-order valence-electron chi connectivity index (χ1n) is 8.18. The minimum absolute atomic E-state index is 0.0290. The van der Waals surface area contributed by atoms with Crippen molar-refractivity contribution in [2.45, 2.75) is 38.6 Å². The van der Waals surface area contributed by atoms with E-state index in [2.05, 4.69) is 10.3 Å². The van der Waals surface area contributed by atoms with Gasteiger partial charge >= 0.3 is 0 Å². The highest BCUT2D eigenvalue weighted by atomic mass is 16.5. The van der Waals surface area contributed by atoms with Gasteiger partial charge in [-0.15, -0.1) is 0 Å². The fourth-order valence-electron chi connectivity index (χ4n) is 2.98. The van der Waals surface area contributed by atoms with Gasteiger partial charge < -0.3 is 10.1 Å². The van der Waals surface area contributed by atoms with E-state index < -0.39 is 0 Å². The van der Waals surface area contributed by atoms with E-state index in [9.17, 15) is 4.79 Å². The molecule has 1 aliphatic carbocycles. The van der Waals surface area contributed by atoms with Gasteiger partial charge in [-0.1, -0.05) is 30.3 Å². The van der Waals surface area contributed by atoms with Crippen LogP contribution in [0.3, 0.4) is 0 Å². The second-order valence-corrected chi connectivity index (χ2v) is 5.93. The maximum atomic E-state index is 12.1. The highest BCUT2D eigenvalue weighted by Crippen LogP contribution is 2.27.